The monoisotopic (exact) mass is 314 g/mol. The van der Waals surface area contributed by atoms with E-state index in [-0.39, 0.29) is 0 Å². The third-order valence-electron chi connectivity index (χ3n) is 2.86. The van der Waals surface area contributed by atoms with Crippen LogP contribution in [0.3, 0.4) is 0 Å². The van der Waals surface area contributed by atoms with Crippen LogP contribution in [-0.4, -0.2) is 69.1 Å². The summed E-state index contributed by atoms with van der Waals surface area (Å²) in [6.07, 6.45) is 6.41. The summed E-state index contributed by atoms with van der Waals surface area (Å²) >= 11 is 0. The molecule has 0 saturated carbocycles. The molecule has 0 bridgehead atoms. The Hall–Kier alpha value is -2.03. The number of aliphatic carboxylic acids is 2. The van der Waals surface area contributed by atoms with Crippen molar-refractivity contribution in [1.29, 1.82) is 0 Å². The molecule has 1 unspecified atom stereocenters. The van der Waals surface area contributed by atoms with Gasteiger partial charge in [-0.05, 0) is 38.1 Å². The topological polar surface area (TPSA) is 131 Å². The number of carboxylic acid groups (broad SMARTS) is 2. The lowest BCUT2D eigenvalue weighted by Crippen LogP contribution is -2.17. The minimum atomic E-state index is -1.19. The van der Waals surface area contributed by atoms with Crippen molar-refractivity contribution in [3.63, 3.8) is 0 Å². The van der Waals surface area contributed by atoms with E-state index >= 15 is 0 Å². The van der Waals surface area contributed by atoms with Gasteiger partial charge >= 0.3 is 11.9 Å². The van der Waals surface area contributed by atoms with Crippen molar-refractivity contribution in [2.24, 2.45) is 0 Å². The lowest BCUT2D eigenvalue weighted by Gasteiger charge is -2.18. The van der Waals surface area contributed by atoms with Gasteiger partial charge in [-0.25, -0.2) is 9.59 Å². The summed E-state index contributed by atoms with van der Waals surface area (Å²) in [7, 11) is 2.19. The summed E-state index contributed by atoms with van der Waals surface area (Å²) in [5.74, 6) is -2.38. The van der Waals surface area contributed by atoms with Crippen LogP contribution in [0.25, 0.3) is 0 Å². The number of rotatable bonds is 3. The number of aliphatic hydroxyl groups excluding tert-OH is 2. The Morgan fingerprint density at radius 1 is 1.27 bits per heavy atom. The van der Waals surface area contributed by atoms with Crippen molar-refractivity contribution >= 4 is 11.9 Å². The first kappa shape index (κ1) is 20.0. The minimum absolute atomic E-state index is 0.610. The van der Waals surface area contributed by atoms with E-state index in [1.165, 1.54) is 24.9 Å². The SMILES string of the molecule is CN1CCCC1c1cccnc1.O=C(O)CO.O=C(O)CO. The molecule has 1 aromatic heterocycles. The number of aliphatic hydroxyl groups is 2. The number of aromatic nitrogens is 1. The minimum Gasteiger partial charge on any atom is -0.480 e. The molecule has 0 radical (unpaired) electrons. The zero-order valence-corrected chi connectivity index (χ0v) is 12.4. The smallest absolute Gasteiger partial charge is 0.329 e. The van der Waals surface area contributed by atoms with Gasteiger partial charge in [0.25, 0.3) is 0 Å². The van der Waals surface area contributed by atoms with E-state index in [0.717, 1.165) is 0 Å². The van der Waals surface area contributed by atoms with Crippen molar-refractivity contribution < 1.29 is 30.0 Å². The number of pyridine rings is 1. The van der Waals surface area contributed by atoms with E-state index in [9.17, 15) is 0 Å². The molecule has 0 amide bonds. The molecule has 0 spiro atoms. The average molecular weight is 314 g/mol. The molecular weight excluding hydrogens is 292 g/mol. The van der Waals surface area contributed by atoms with E-state index in [1.54, 1.807) is 0 Å². The molecule has 8 heteroatoms. The summed E-state index contributed by atoms with van der Waals surface area (Å²) in [5.41, 5.74) is 1.36. The van der Waals surface area contributed by atoms with Crippen LogP contribution < -0.4 is 0 Å². The zero-order valence-electron chi connectivity index (χ0n) is 12.4. The van der Waals surface area contributed by atoms with Gasteiger partial charge in [0.2, 0.25) is 0 Å². The number of likely N-dealkylation sites (tertiary alicyclic amines) is 1. The number of hydrogen-bond donors (Lipinski definition) is 4. The molecule has 1 aliphatic heterocycles. The third-order valence-corrected chi connectivity index (χ3v) is 2.86. The second kappa shape index (κ2) is 11.6. The molecule has 1 atom stereocenters. The van der Waals surface area contributed by atoms with Crippen LogP contribution in [0.1, 0.15) is 24.4 Å². The van der Waals surface area contributed by atoms with Gasteiger partial charge in [0.05, 0.1) is 0 Å². The van der Waals surface area contributed by atoms with Crippen molar-refractivity contribution in [2.45, 2.75) is 18.9 Å². The normalized spacial score (nSPS) is 16.8. The standard InChI is InChI=1S/C10H14N2.2C2H4O3/c1-12-7-3-5-10(12)9-4-2-6-11-8-9;2*3-1-2(4)5/h2,4,6,8,10H,3,5,7H2,1H3;2*3H,1H2,(H,4,5). The van der Waals surface area contributed by atoms with Gasteiger partial charge in [0.1, 0.15) is 13.2 Å². The van der Waals surface area contributed by atoms with Gasteiger partial charge in [-0.1, -0.05) is 6.07 Å². The predicted molar refractivity (Wildman–Crippen MR) is 78.3 cm³/mol. The third kappa shape index (κ3) is 9.01. The molecule has 1 aromatic rings. The van der Waals surface area contributed by atoms with Gasteiger partial charge < -0.3 is 20.4 Å². The largest absolute Gasteiger partial charge is 0.480 e. The Bertz CT molecular complexity index is 426. The fourth-order valence-corrected chi connectivity index (χ4v) is 1.90. The van der Waals surface area contributed by atoms with Crippen molar-refractivity contribution in [1.82, 2.24) is 9.88 Å². The number of hydrogen-bond acceptors (Lipinski definition) is 6. The van der Waals surface area contributed by atoms with Crippen LogP contribution in [-0.2, 0) is 9.59 Å². The molecule has 22 heavy (non-hydrogen) atoms. The molecule has 0 aliphatic carbocycles. The van der Waals surface area contributed by atoms with E-state index in [0.29, 0.717) is 6.04 Å². The summed E-state index contributed by atoms with van der Waals surface area (Å²) in [6, 6.07) is 4.79. The van der Waals surface area contributed by atoms with Crippen LogP contribution in [0.15, 0.2) is 24.5 Å². The Kier molecular flexibility index (Phi) is 10.5. The van der Waals surface area contributed by atoms with Gasteiger partial charge in [-0.15, -0.1) is 0 Å². The molecule has 2 heterocycles. The first-order valence-electron chi connectivity index (χ1n) is 6.67. The highest BCUT2D eigenvalue weighted by Crippen LogP contribution is 2.29. The Morgan fingerprint density at radius 3 is 2.14 bits per heavy atom. The Labute approximate surface area is 128 Å². The van der Waals surface area contributed by atoms with Crippen molar-refractivity contribution in [3.05, 3.63) is 30.1 Å². The van der Waals surface area contributed by atoms with E-state index < -0.39 is 25.2 Å². The summed E-state index contributed by atoms with van der Waals surface area (Å²) in [6.45, 7) is -0.334. The maximum atomic E-state index is 9.12. The highest BCUT2D eigenvalue weighted by atomic mass is 16.4. The predicted octanol–water partition coefficient (Wildman–Crippen LogP) is -0.0251. The van der Waals surface area contributed by atoms with Crippen LogP contribution in [0.5, 0.6) is 0 Å². The highest BCUT2D eigenvalue weighted by Gasteiger charge is 2.21. The Balaban J connectivity index is 0.000000372. The van der Waals surface area contributed by atoms with Crippen molar-refractivity contribution in [3.8, 4) is 0 Å². The van der Waals surface area contributed by atoms with Gasteiger partial charge in [-0.2, -0.15) is 0 Å². The first-order valence-corrected chi connectivity index (χ1v) is 6.67. The molecule has 4 N–H and O–H groups in total. The quantitative estimate of drug-likeness (QED) is 0.612. The van der Waals surface area contributed by atoms with E-state index in [2.05, 4.69) is 23.0 Å². The highest BCUT2D eigenvalue weighted by molar-refractivity contribution is 5.67. The maximum absolute atomic E-state index is 9.12. The van der Waals surface area contributed by atoms with E-state index in [4.69, 9.17) is 30.0 Å². The van der Waals surface area contributed by atoms with E-state index in [1.807, 2.05) is 18.5 Å². The summed E-state index contributed by atoms with van der Waals surface area (Å²) in [5, 5.41) is 30.0. The van der Waals surface area contributed by atoms with Crippen molar-refractivity contribution in [2.75, 3.05) is 26.8 Å². The number of nitrogens with zero attached hydrogens (tertiary/aromatic N) is 2. The van der Waals surface area contributed by atoms with Crippen LogP contribution in [0.4, 0.5) is 0 Å². The first-order chi connectivity index (χ1) is 10.4. The maximum Gasteiger partial charge on any atom is 0.329 e. The van der Waals surface area contributed by atoms with Crippen LogP contribution in [0.2, 0.25) is 0 Å². The molecule has 1 saturated heterocycles. The molecule has 1 fully saturated rings. The second-order valence-electron chi connectivity index (χ2n) is 4.53. The molecule has 1 aliphatic rings. The fraction of sp³-hybridized carbons (Fsp3) is 0.500. The number of carbonyl (C=O) groups is 2. The molecular formula is C14H22N2O6. The Morgan fingerprint density at radius 2 is 1.82 bits per heavy atom. The second-order valence-corrected chi connectivity index (χ2v) is 4.53. The van der Waals surface area contributed by atoms with Crippen LogP contribution in [0, 0.1) is 0 Å². The van der Waals surface area contributed by atoms with Gasteiger partial charge in [-0.3, -0.25) is 9.88 Å². The fourth-order valence-electron chi connectivity index (χ4n) is 1.90. The van der Waals surface area contributed by atoms with Crippen LogP contribution >= 0.6 is 0 Å². The summed E-state index contributed by atoms with van der Waals surface area (Å²) in [4.78, 5) is 24.8. The molecule has 8 nitrogen and oxygen atoms in total. The molecule has 124 valence electrons. The lowest BCUT2D eigenvalue weighted by atomic mass is 10.1. The molecule has 0 aromatic carbocycles. The van der Waals surface area contributed by atoms with Gasteiger partial charge in [0, 0.05) is 18.4 Å². The lowest BCUT2D eigenvalue weighted by molar-refractivity contribution is -0.141. The summed E-state index contributed by atoms with van der Waals surface area (Å²) < 4.78 is 0. The zero-order chi connectivity index (χ0) is 17.0. The average Bonchev–Trinajstić information content (AvgIpc) is 2.95. The number of carboxylic acids is 2. The van der Waals surface area contributed by atoms with Gasteiger partial charge in [0.15, 0.2) is 0 Å². The molecule has 2 rings (SSSR count).